The lowest BCUT2D eigenvalue weighted by molar-refractivity contribution is -0.123. The van der Waals surface area contributed by atoms with E-state index in [1.807, 2.05) is 6.07 Å². The SMILES string of the molecule is NC(=O)CCCC=CC[C@H]1[C@@H](OCc2ccc(-c3ccccc3)cc2)CC(=O)[C@@H]1N1CCCCC1. The molecular weight excluding hydrogens is 436 g/mol. The molecule has 4 rings (SSSR count). The molecule has 0 radical (unpaired) electrons. The third-order valence-electron chi connectivity index (χ3n) is 7.29. The number of nitrogens with two attached hydrogens (primary N) is 1. The number of amides is 1. The van der Waals surface area contributed by atoms with Gasteiger partial charge in [-0.3, -0.25) is 14.5 Å². The lowest BCUT2D eigenvalue weighted by atomic mass is 9.93. The molecule has 2 aliphatic rings. The highest BCUT2D eigenvalue weighted by Crippen LogP contribution is 2.35. The molecule has 2 N–H and O–H groups in total. The predicted molar refractivity (Wildman–Crippen MR) is 140 cm³/mol. The molecule has 2 aromatic rings. The molecule has 0 spiro atoms. The van der Waals surface area contributed by atoms with Crippen LogP contribution in [0.2, 0.25) is 0 Å². The molecule has 1 amide bonds. The maximum absolute atomic E-state index is 13.1. The molecule has 0 bridgehead atoms. The maximum atomic E-state index is 13.1. The number of Topliss-reactive ketones (excluding diaryl/α,β-unsaturated/α-hetero) is 1. The lowest BCUT2D eigenvalue weighted by Gasteiger charge is -2.35. The standard InChI is InChI=1S/C30H38N2O3/c31-29(34)14-8-2-1-7-13-26-28(21-27(33)30(26)32-19-9-4-10-20-32)35-22-23-15-17-25(18-16-23)24-11-5-3-6-12-24/h1,3,5-7,11-12,15-18,26,28,30H,2,4,8-10,13-14,19-22H2,(H2,31,34)/t26-,28-,30+/m0/s1. The zero-order valence-electron chi connectivity index (χ0n) is 20.6. The van der Waals surface area contributed by atoms with Gasteiger partial charge in [-0.1, -0.05) is 73.2 Å². The Morgan fingerprint density at radius 2 is 1.69 bits per heavy atom. The Labute approximate surface area is 209 Å². The second-order valence-electron chi connectivity index (χ2n) is 9.85. The number of ether oxygens (including phenoxy) is 1. The van der Waals surface area contributed by atoms with Crippen LogP contribution in [-0.2, 0) is 20.9 Å². The Bertz CT molecular complexity index is 980. The summed E-state index contributed by atoms with van der Waals surface area (Å²) in [5.41, 5.74) is 8.75. The highest BCUT2D eigenvalue weighted by Gasteiger charge is 2.45. The van der Waals surface area contributed by atoms with Crippen LogP contribution in [0, 0.1) is 5.92 Å². The Kier molecular flexibility index (Phi) is 9.27. The molecule has 5 nitrogen and oxygen atoms in total. The van der Waals surface area contributed by atoms with Gasteiger partial charge in [-0.15, -0.1) is 0 Å². The summed E-state index contributed by atoms with van der Waals surface area (Å²) in [5.74, 6) is 0.232. The maximum Gasteiger partial charge on any atom is 0.217 e. The number of ketones is 1. The van der Waals surface area contributed by atoms with Gasteiger partial charge in [-0.25, -0.2) is 0 Å². The van der Waals surface area contributed by atoms with Crippen molar-refractivity contribution in [1.29, 1.82) is 0 Å². The lowest BCUT2D eigenvalue weighted by Crippen LogP contribution is -2.46. The zero-order chi connectivity index (χ0) is 24.5. The average molecular weight is 475 g/mol. The number of rotatable bonds is 11. The van der Waals surface area contributed by atoms with Crippen LogP contribution in [0.1, 0.15) is 56.9 Å². The number of hydrogen-bond donors (Lipinski definition) is 1. The molecule has 1 saturated carbocycles. The van der Waals surface area contributed by atoms with Crippen molar-refractivity contribution in [3.05, 3.63) is 72.3 Å². The van der Waals surface area contributed by atoms with Crippen molar-refractivity contribution in [3.63, 3.8) is 0 Å². The van der Waals surface area contributed by atoms with E-state index in [4.69, 9.17) is 10.5 Å². The van der Waals surface area contributed by atoms with Gasteiger partial charge in [0.05, 0.1) is 18.8 Å². The topological polar surface area (TPSA) is 72.6 Å². The first-order chi connectivity index (χ1) is 17.1. The number of carbonyl (C=O) groups is 2. The fourth-order valence-corrected chi connectivity index (χ4v) is 5.44. The van der Waals surface area contributed by atoms with Crippen LogP contribution in [-0.4, -0.2) is 41.8 Å². The molecule has 186 valence electrons. The minimum Gasteiger partial charge on any atom is -0.373 e. The molecule has 0 aromatic heterocycles. The predicted octanol–water partition coefficient (Wildman–Crippen LogP) is 5.28. The highest BCUT2D eigenvalue weighted by atomic mass is 16.5. The summed E-state index contributed by atoms with van der Waals surface area (Å²) < 4.78 is 6.41. The van der Waals surface area contributed by atoms with E-state index in [0.29, 0.717) is 25.2 Å². The molecule has 1 aliphatic heterocycles. The van der Waals surface area contributed by atoms with Crippen molar-refractivity contribution >= 4 is 11.7 Å². The molecule has 1 saturated heterocycles. The number of carbonyl (C=O) groups excluding carboxylic acids is 2. The van der Waals surface area contributed by atoms with E-state index in [-0.39, 0.29) is 24.0 Å². The van der Waals surface area contributed by atoms with Crippen molar-refractivity contribution in [2.45, 2.75) is 70.1 Å². The van der Waals surface area contributed by atoms with Crippen molar-refractivity contribution < 1.29 is 14.3 Å². The quantitative estimate of drug-likeness (QED) is 0.355. The largest absolute Gasteiger partial charge is 0.373 e. The van der Waals surface area contributed by atoms with Crippen molar-refractivity contribution in [2.24, 2.45) is 11.7 Å². The summed E-state index contributed by atoms with van der Waals surface area (Å²) in [7, 11) is 0. The second kappa shape index (κ2) is 12.8. The molecule has 1 heterocycles. The van der Waals surface area contributed by atoms with E-state index < -0.39 is 0 Å². The highest BCUT2D eigenvalue weighted by molar-refractivity contribution is 5.87. The Morgan fingerprint density at radius 3 is 2.40 bits per heavy atom. The third-order valence-corrected chi connectivity index (χ3v) is 7.29. The van der Waals surface area contributed by atoms with Crippen LogP contribution in [0.4, 0.5) is 0 Å². The van der Waals surface area contributed by atoms with Crippen molar-refractivity contribution in [1.82, 2.24) is 4.90 Å². The van der Waals surface area contributed by atoms with Gasteiger partial charge in [0.2, 0.25) is 5.91 Å². The van der Waals surface area contributed by atoms with Gasteiger partial charge in [-0.05, 0) is 61.9 Å². The number of likely N-dealkylation sites (tertiary alicyclic amines) is 1. The van der Waals surface area contributed by atoms with Crippen LogP contribution in [0.15, 0.2) is 66.7 Å². The summed E-state index contributed by atoms with van der Waals surface area (Å²) in [6, 6.07) is 18.8. The van der Waals surface area contributed by atoms with Gasteiger partial charge in [0.25, 0.3) is 0 Å². The number of piperidine rings is 1. The molecule has 2 aromatic carbocycles. The summed E-state index contributed by atoms with van der Waals surface area (Å²) >= 11 is 0. The van der Waals surface area contributed by atoms with Gasteiger partial charge in [-0.2, -0.15) is 0 Å². The fraction of sp³-hybridized carbons (Fsp3) is 0.467. The van der Waals surface area contributed by atoms with E-state index in [0.717, 1.165) is 37.9 Å². The van der Waals surface area contributed by atoms with E-state index >= 15 is 0 Å². The van der Waals surface area contributed by atoms with Gasteiger partial charge in [0, 0.05) is 18.8 Å². The molecule has 35 heavy (non-hydrogen) atoms. The van der Waals surface area contributed by atoms with Crippen LogP contribution in [0.3, 0.4) is 0 Å². The smallest absolute Gasteiger partial charge is 0.217 e. The first-order valence-corrected chi connectivity index (χ1v) is 13.1. The van der Waals surface area contributed by atoms with Gasteiger partial charge < -0.3 is 10.5 Å². The number of benzene rings is 2. The molecule has 1 aliphatic carbocycles. The first kappa shape index (κ1) is 25.3. The summed E-state index contributed by atoms with van der Waals surface area (Å²) in [6.07, 6.45) is 11.1. The van der Waals surface area contributed by atoms with Gasteiger partial charge in [0.15, 0.2) is 5.78 Å². The Morgan fingerprint density at radius 1 is 0.971 bits per heavy atom. The minimum atomic E-state index is -0.254. The zero-order valence-corrected chi connectivity index (χ0v) is 20.6. The van der Waals surface area contributed by atoms with Gasteiger partial charge in [0.1, 0.15) is 0 Å². The van der Waals surface area contributed by atoms with E-state index in [9.17, 15) is 9.59 Å². The molecule has 5 heteroatoms. The second-order valence-corrected chi connectivity index (χ2v) is 9.85. The van der Waals surface area contributed by atoms with Crippen LogP contribution in [0.25, 0.3) is 11.1 Å². The monoisotopic (exact) mass is 474 g/mol. The Hall–Kier alpha value is -2.76. The Balaban J connectivity index is 1.38. The average Bonchev–Trinajstić information content (AvgIpc) is 3.20. The van der Waals surface area contributed by atoms with Gasteiger partial charge >= 0.3 is 0 Å². The van der Waals surface area contributed by atoms with E-state index in [2.05, 4.69) is 65.6 Å². The number of unbranched alkanes of at least 4 members (excludes halogenated alkanes) is 1. The summed E-state index contributed by atoms with van der Waals surface area (Å²) in [6.45, 7) is 2.52. The minimum absolute atomic E-state index is 0.0453. The third kappa shape index (κ3) is 7.12. The summed E-state index contributed by atoms with van der Waals surface area (Å²) in [4.78, 5) is 26.5. The van der Waals surface area contributed by atoms with Crippen molar-refractivity contribution in [3.8, 4) is 11.1 Å². The van der Waals surface area contributed by atoms with Crippen LogP contribution < -0.4 is 5.73 Å². The number of primary amides is 1. The van der Waals surface area contributed by atoms with Crippen LogP contribution >= 0.6 is 0 Å². The summed E-state index contributed by atoms with van der Waals surface area (Å²) in [5, 5.41) is 0. The molecule has 2 fully saturated rings. The number of nitrogens with zero attached hydrogens (tertiary/aromatic N) is 1. The molecule has 0 unspecified atom stereocenters. The molecular formula is C30H38N2O3. The van der Waals surface area contributed by atoms with Crippen LogP contribution in [0.5, 0.6) is 0 Å². The number of hydrogen-bond acceptors (Lipinski definition) is 4. The van der Waals surface area contributed by atoms with E-state index in [1.54, 1.807) is 0 Å². The van der Waals surface area contributed by atoms with E-state index in [1.165, 1.54) is 30.4 Å². The van der Waals surface area contributed by atoms with Crippen molar-refractivity contribution in [2.75, 3.05) is 13.1 Å². The fourth-order valence-electron chi connectivity index (χ4n) is 5.44. The normalized spacial score (nSPS) is 23.2. The first-order valence-electron chi connectivity index (χ1n) is 13.1. The molecule has 3 atom stereocenters. The number of allylic oxidation sites excluding steroid dienone is 2.